The monoisotopic (exact) mass is 443 g/mol. The maximum Gasteiger partial charge on any atom is 0.341 e. The van der Waals surface area contributed by atoms with E-state index in [4.69, 9.17) is 20.8 Å². The van der Waals surface area contributed by atoms with E-state index in [1.54, 1.807) is 32.0 Å². The predicted octanol–water partition coefficient (Wildman–Crippen LogP) is 6.28. The molecule has 0 saturated carbocycles. The number of anilines is 1. The molecule has 0 fully saturated rings. The molecule has 1 aromatic carbocycles. The number of hydrogen-bond acceptors (Lipinski definition) is 5. The number of rotatable bonds is 5. The molecule has 4 rings (SSSR count). The third kappa shape index (κ3) is 4.02. The molecule has 1 aliphatic rings. The lowest BCUT2D eigenvalue weighted by molar-refractivity contribution is 0.0526. The van der Waals surface area contributed by atoms with E-state index < -0.39 is 0 Å². The second-order valence-corrected chi connectivity index (χ2v) is 8.72. The van der Waals surface area contributed by atoms with Crippen LogP contribution < -0.4 is 5.32 Å². The van der Waals surface area contributed by atoms with E-state index in [1.165, 1.54) is 11.3 Å². The van der Waals surface area contributed by atoms with Gasteiger partial charge >= 0.3 is 5.97 Å². The van der Waals surface area contributed by atoms with Crippen molar-refractivity contribution in [2.24, 2.45) is 0 Å². The second kappa shape index (κ2) is 8.66. The van der Waals surface area contributed by atoms with Crippen LogP contribution in [0.3, 0.4) is 0 Å². The average molecular weight is 444 g/mol. The van der Waals surface area contributed by atoms with Gasteiger partial charge in [-0.1, -0.05) is 11.6 Å². The van der Waals surface area contributed by atoms with Gasteiger partial charge < -0.3 is 14.5 Å². The molecule has 2 aromatic heterocycles. The van der Waals surface area contributed by atoms with Crippen molar-refractivity contribution in [3.63, 3.8) is 0 Å². The number of amides is 1. The fraction of sp³-hybridized carbons (Fsp3) is 0.304. The molecular formula is C23H22ClNO4S. The Kier molecular flexibility index (Phi) is 5.97. The van der Waals surface area contributed by atoms with Gasteiger partial charge in [-0.3, -0.25) is 4.79 Å². The zero-order valence-electron chi connectivity index (χ0n) is 16.8. The Labute approximate surface area is 184 Å². The fourth-order valence-electron chi connectivity index (χ4n) is 3.71. The fourth-order valence-corrected chi connectivity index (χ4v) is 5.11. The minimum absolute atomic E-state index is 0.294. The topological polar surface area (TPSA) is 68.5 Å². The summed E-state index contributed by atoms with van der Waals surface area (Å²) < 4.78 is 11.1. The van der Waals surface area contributed by atoms with Crippen molar-refractivity contribution in [1.29, 1.82) is 0 Å². The molecule has 1 amide bonds. The molecule has 0 atom stereocenters. The molecule has 0 radical (unpaired) electrons. The second-order valence-electron chi connectivity index (χ2n) is 7.18. The summed E-state index contributed by atoms with van der Waals surface area (Å²) in [6.45, 7) is 3.82. The van der Waals surface area contributed by atoms with Crippen LogP contribution in [-0.2, 0) is 17.6 Å². The first-order valence-corrected chi connectivity index (χ1v) is 11.2. The van der Waals surface area contributed by atoms with Crippen LogP contribution in [0.4, 0.5) is 5.00 Å². The van der Waals surface area contributed by atoms with Crippen LogP contribution in [0.25, 0.3) is 11.3 Å². The summed E-state index contributed by atoms with van der Waals surface area (Å²) in [7, 11) is 0. The van der Waals surface area contributed by atoms with Gasteiger partial charge in [-0.2, -0.15) is 0 Å². The van der Waals surface area contributed by atoms with E-state index in [-0.39, 0.29) is 11.9 Å². The third-order valence-corrected chi connectivity index (χ3v) is 6.63. The summed E-state index contributed by atoms with van der Waals surface area (Å²) in [6.07, 6.45) is 3.89. The summed E-state index contributed by atoms with van der Waals surface area (Å²) in [5.41, 5.74) is 2.79. The van der Waals surface area contributed by atoms with Crippen LogP contribution in [0, 0.1) is 6.92 Å². The Morgan fingerprint density at radius 3 is 2.67 bits per heavy atom. The molecule has 30 heavy (non-hydrogen) atoms. The van der Waals surface area contributed by atoms with E-state index in [0.717, 1.165) is 41.7 Å². The summed E-state index contributed by atoms with van der Waals surface area (Å²) >= 11 is 7.42. The number of furan rings is 1. The Balaban J connectivity index is 1.64. The zero-order valence-corrected chi connectivity index (χ0v) is 18.4. The number of ether oxygens (including phenoxy) is 1. The third-order valence-electron chi connectivity index (χ3n) is 5.17. The first-order chi connectivity index (χ1) is 14.5. The lowest BCUT2D eigenvalue weighted by Crippen LogP contribution is -2.16. The van der Waals surface area contributed by atoms with Crippen LogP contribution in [0.15, 0.2) is 34.7 Å². The molecule has 1 aliphatic carbocycles. The maximum atomic E-state index is 13.0. The van der Waals surface area contributed by atoms with Crippen molar-refractivity contribution in [3.05, 3.63) is 62.7 Å². The van der Waals surface area contributed by atoms with Crippen molar-refractivity contribution in [2.45, 2.75) is 39.5 Å². The molecule has 0 aliphatic heterocycles. The normalized spacial score (nSPS) is 13.0. The van der Waals surface area contributed by atoms with Gasteiger partial charge in [0.05, 0.1) is 17.7 Å². The molecule has 0 spiro atoms. The average Bonchev–Trinajstić information content (AvgIpc) is 3.29. The minimum atomic E-state index is -0.377. The molecule has 0 bridgehead atoms. The van der Waals surface area contributed by atoms with Crippen molar-refractivity contribution >= 4 is 39.8 Å². The number of fused-ring (bicyclic) bond motifs is 1. The summed E-state index contributed by atoms with van der Waals surface area (Å²) in [5.74, 6) is 0.417. The lowest BCUT2D eigenvalue weighted by Gasteiger charge is -2.12. The van der Waals surface area contributed by atoms with E-state index in [9.17, 15) is 9.59 Å². The zero-order chi connectivity index (χ0) is 21.3. The Morgan fingerprint density at radius 1 is 1.20 bits per heavy atom. The molecule has 5 nitrogen and oxygen atoms in total. The van der Waals surface area contributed by atoms with Gasteiger partial charge in [0.1, 0.15) is 16.5 Å². The van der Waals surface area contributed by atoms with Crippen molar-refractivity contribution < 1.29 is 18.7 Å². The van der Waals surface area contributed by atoms with Gasteiger partial charge in [0.25, 0.3) is 5.91 Å². The number of esters is 1. The van der Waals surface area contributed by atoms with Crippen LogP contribution in [0.1, 0.15) is 56.7 Å². The number of aryl methyl sites for hydroxylation is 2. The molecule has 1 N–H and O–H groups in total. The number of carbonyl (C=O) groups excluding carboxylic acids is 2. The smallest absolute Gasteiger partial charge is 0.341 e. The summed E-state index contributed by atoms with van der Waals surface area (Å²) in [6, 6.07) is 8.95. The summed E-state index contributed by atoms with van der Waals surface area (Å²) in [4.78, 5) is 26.8. The number of halogens is 1. The quantitative estimate of drug-likeness (QED) is 0.471. The van der Waals surface area contributed by atoms with Gasteiger partial charge in [-0.25, -0.2) is 4.79 Å². The summed E-state index contributed by atoms with van der Waals surface area (Å²) in [5, 5.41) is 4.12. The highest BCUT2D eigenvalue weighted by atomic mass is 35.5. The molecule has 156 valence electrons. The Hall–Kier alpha value is -2.57. The van der Waals surface area contributed by atoms with E-state index in [1.807, 2.05) is 12.1 Å². The van der Waals surface area contributed by atoms with Gasteiger partial charge in [0.15, 0.2) is 0 Å². The number of hydrogen-bond donors (Lipinski definition) is 1. The number of nitrogens with one attached hydrogen (secondary N) is 1. The molecular weight excluding hydrogens is 422 g/mol. The van der Waals surface area contributed by atoms with E-state index >= 15 is 0 Å². The highest BCUT2D eigenvalue weighted by Crippen LogP contribution is 2.39. The maximum absolute atomic E-state index is 13.0. The van der Waals surface area contributed by atoms with Crippen LogP contribution >= 0.6 is 22.9 Å². The first-order valence-electron chi connectivity index (χ1n) is 9.97. The van der Waals surface area contributed by atoms with Crippen LogP contribution in [-0.4, -0.2) is 18.5 Å². The van der Waals surface area contributed by atoms with Gasteiger partial charge in [-0.15, -0.1) is 11.3 Å². The Morgan fingerprint density at radius 2 is 1.93 bits per heavy atom. The van der Waals surface area contributed by atoms with E-state index in [2.05, 4.69) is 5.32 Å². The van der Waals surface area contributed by atoms with Gasteiger partial charge in [-0.05, 0) is 75.4 Å². The van der Waals surface area contributed by atoms with E-state index in [0.29, 0.717) is 39.3 Å². The minimum Gasteiger partial charge on any atom is -0.462 e. The SMILES string of the molecule is CCOC(=O)c1c(NC(=O)c2cc(-c3ccc(Cl)cc3)oc2C)sc2c1CCCC2. The van der Waals surface area contributed by atoms with Crippen molar-refractivity contribution in [1.82, 2.24) is 0 Å². The van der Waals surface area contributed by atoms with Crippen molar-refractivity contribution in [2.75, 3.05) is 11.9 Å². The van der Waals surface area contributed by atoms with Crippen LogP contribution in [0.2, 0.25) is 5.02 Å². The molecule has 3 aromatic rings. The number of carbonyl (C=O) groups is 2. The molecule has 0 unspecified atom stereocenters. The highest BCUT2D eigenvalue weighted by molar-refractivity contribution is 7.17. The lowest BCUT2D eigenvalue weighted by atomic mass is 9.95. The van der Waals surface area contributed by atoms with Gasteiger partial charge in [0, 0.05) is 15.5 Å². The predicted molar refractivity (Wildman–Crippen MR) is 119 cm³/mol. The molecule has 7 heteroatoms. The van der Waals surface area contributed by atoms with Crippen LogP contribution in [0.5, 0.6) is 0 Å². The highest BCUT2D eigenvalue weighted by Gasteiger charge is 2.28. The standard InChI is InChI=1S/C23H22ClNO4S/c1-3-28-23(27)20-16-6-4-5-7-19(16)30-22(20)25-21(26)17-12-18(29-13(17)2)14-8-10-15(24)11-9-14/h8-12H,3-7H2,1-2H3,(H,25,26). The van der Waals surface area contributed by atoms with Gasteiger partial charge in [0.2, 0.25) is 0 Å². The number of thiophene rings is 1. The molecule has 0 saturated heterocycles. The molecule has 2 heterocycles. The Bertz CT molecular complexity index is 1100. The first kappa shape index (κ1) is 20.7. The van der Waals surface area contributed by atoms with Crippen molar-refractivity contribution in [3.8, 4) is 11.3 Å². The number of benzene rings is 1. The largest absolute Gasteiger partial charge is 0.462 e.